The van der Waals surface area contributed by atoms with Gasteiger partial charge < -0.3 is 4.74 Å². The van der Waals surface area contributed by atoms with Gasteiger partial charge in [-0.1, -0.05) is 33.8 Å². The largest absolute Gasteiger partial charge is 0.376 e. The zero-order valence-electron chi connectivity index (χ0n) is 14.2. The second-order valence-corrected chi connectivity index (χ2v) is 5.99. The molecule has 1 atom stereocenters. The first-order valence-electron chi connectivity index (χ1n) is 7.72. The van der Waals surface area contributed by atoms with Gasteiger partial charge in [-0.25, -0.2) is 9.97 Å². The molecule has 0 aromatic carbocycles. The number of pyridine rings is 1. The molecule has 0 amide bonds. The van der Waals surface area contributed by atoms with Gasteiger partial charge in [-0.05, 0) is 36.0 Å². The summed E-state index contributed by atoms with van der Waals surface area (Å²) >= 11 is 0. The van der Waals surface area contributed by atoms with Crippen LogP contribution in [0.5, 0.6) is 0 Å². The molecular weight excluding hydrogens is 274 g/mol. The Balaban J connectivity index is 0.000000224. The Bertz CT molecular complexity index is 500. The molecule has 0 aliphatic rings. The van der Waals surface area contributed by atoms with Gasteiger partial charge in [0.2, 0.25) is 0 Å². The number of methoxy groups -OCH3 is 1. The van der Waals surface area contributed by atoms with Crippen molar-refractivity contribution in [2.45, 2.75) is 40.2 Å². The van der Waals surface area contributed by atoms with Crippen LogP contribution in [0, 0.1) is 11.8 Å². The molecule has 2 heterocycles. The van der Waals surface area contributed by atoms with E-state index in [1.165, 1.54) is 0 Å². The molecule has 0 saturated heterocycles. The molecule has 2 aromatic rings. The number of rotatable bonds is 5. The van der Waals surface area contributed by atoms with E-state index in [0.29, 0.717) is 11.8 Å². The Morgan fingerprint density at radius 2 is 1.82 bits per heavy atom. The lowest BCUT2D eigenvalue weighted by Gasteiger charge is -2.18. The van der Waals surface area contributed by atoms with Gasteiger partial charge in [0.15, 0.2) is 0 Å². The lowest BCUT2D eigenvalue weighted by atomic mass is 10.0. The number of ether oxygens (including phenoxy) is 1. The molecule has 0 aliphatic heterocycles. The van der Waals surface area contributed by atoms with Gasteiger partial charge in [0.25, 0.3) is 0 Å². The van der Waals surface area contributed by atoms with Crippen LogP contribution in [-0.4, -0.2) is 22.1 Å². The molecule has 0 bridgehead atoms. The molecule has 4 heteroatoms. The highest BCUT2D eigenvalue weighted by Crippen LogP contribution is 2.23. The highest BCUT2D eigenvalue weighted by atomic mass is 16.5. The summed E-state index contributed by atoms with van der Waals surface area (Å²) in [7, 11) is 1.73. The normalized spacial score (nSPS) is 12.0. The van der Waals surface area contributed by atoms with Gasteiger partial charge in [-0.2, -0.15) is 0 Å². The first-order valence-corrected chi connectivity index (χ1v) is 7.72. The van der Waals surface area contributed by atoms with E-state index in [0.717, 1.165) is 17.7 Å². The van der Waals surface area contributed by atoms with Crippen molar-refractivity contribution in [3.05, 3.63) is 54.4 Å². The minimum absolute atomic E-state index is 0.165. The topological polar surface area (TPSA) is 47.9 Å². The van der Waals surface area contributed by atoms with Crippen LogP contribution in [0.2, 0.25) is 0 Å². The third-order valence-corrected chi connectivity index (χ3v) is 3.13. The lowest BCUT2D eigenvalue weighted by molar-refractivity contribution is 0.0644. The van der Waals surface area contributed by atoms with Crippen LogP contribution < -0.4 is 0 Å². The van der Waals surface area contributed by atoms with E-state index in [9.17, 15) is 0 Å². The van der Waals surface area contributed by atoms with E-state index in [1.54, 1.807) is 25.8 Å². The minimum Gasteiger partial charge on any atom is -0.376 e. The molecule has 0 spiro atoms. The SMILES string of the molecule is CC(C)Cc1ccncn1.COC(c1cccnc1)C(C)C. The molecule has 0 fully saturated rings. The summed E-state index contributed by atoms with van der Waals surface area (Å²) in [5, 5.41) is 0. The number of aromatic nitrogens is 3. The van der Waals surface area contributed by atoms with Gasteiger partial charge in [-0.3, -0.25) is 4.98 Å². The quantitative estimate of drug-likeness (QED) is 0.834. The fraction of sp³-hybridized carbons (Fsp3) is 0.500. The van der Waals surface area contributed by atoms with E-state index in [4.69, 9.17) is 4.74 Å². The standard InChI is InChI=1S/C10H15NO.C8H12N2/c1-8(2)10(12-3)9-5-4-6-11-7-9;1-7(2)5-8-3-4-9-6-10-8/h4-8,10H,1-3H3;3-4,6-7H,5H2,1-2H3. The zero-order valence-corrected chi connectivity index (χ0v) is 14.2. The van der Waals surface area contributed by atoms with Gasteiger partial charge in [0.05, 0.1) is 6.10 Å². The van der Waals surface area contributed by atoms with Crippen LogP contribution in [0.4, 0.5) is 0 Å². The Morgan fingerprint density at radius 1 is 1.05 bits per heavy atom. The van der Waals surface area contributed by atoms with Crippen molar-refractivity contribution in [1.29, 1.82) is 0 Å². The van der Waals surface area contributed by atoms with Crippen LogP contribution in [0.25, 0.3) is 0 Å². The first-order chi connectivity index (χ1) is 10.5. The summed E-state index contributed by atoms with van der Waals surface area (Å²) in [6, 6.07) is 5.94. The highest BCUT2D eigenvalue weighted by Gasteiger charge is 2.13. The van der Waals surface area contributed by atoms with Crippen molar-refractivity contribution >= 4 is 0 Å². The summed E-state index contributed by atoms with van der Waals surface area (Å²) in [6.45, 7) is 8.65. The van der Waals surface area contributed by atoms with Crippen LogP contribution in [0.1, 0.15) is 45.1 Å². The molecule has 22 heavy (non-hydrogen) atoms. The maximum atomic E-state index is 5.36. The van der Waals surface area contributed by atoms with Crippen molar-refractivity contribution in [2.24, 2.45) is 11.8 Å². The average molecular weight is 301 g/mol. The maximum Gasteiger partial charge on any atom is 0.115 e. The van der Waals surface area contributed by atoms with Crippen molar-refractivity contribution in [3.63, 3.8) is 0 Å². The van der Waals surface area contributed by atoms with Crippen LogP contribution in [0.3, 0.4) is 0 Å². The third-order valence-electron chi connectivity index (χ3n) is 3.13. The van der Waals surface area contributed by atoms with Gasteiger partial charge >= 0.3 is 0 Å². The maximum absolute atomic E-state index is 5.36. The summed E-state index contributed by atoms with van der Waals surface area (Å²) in [5.41, 5.74) is 2.28. The van der Waals surface area contributed by atoms with E-state index in [2.05, 4.69) is 42.6 Å². The van der Waals surface area contributed by atoms with E-state index >= 15 is 0 Å². The molecule has 1 unspecified atom stereocenters. The smallest absolute Gasteiger partial charge is 0.115 e. The minimum atomic E-state index is 0.165. The van der Waals surface area contributed by atoms with E-state index in [1.807, 2.05) is 24.4 Å². The Labute approximate surface area is 134 Å². The van der Waals surface area contributed by atoms with E-state index < -0.39 is 0 Å². The predicted octanol–water partition coefficient (Wildman–Crippen LogP) is 4.10. The summed E-state index contributed by atoms with van der Waals surface area (Å²) in [4.78, 5) is 12.0. The predicted molar refractivity (Wildman–Crippen MR) is 89.4 cm³/mol. The summed E-state index contributed by atoms with van der Waals surface area (Å²) in [5.74, 6) is 1.16. The van der Waals surface area contributed by atoms with Crippen LogP contribution in [-0.2, 0) is 11.2 Å². The summed E-state index contributed by atoms with van der Waals surface area (Å²) < 4.78 is 5.36. The van der Waals surface area contributed by atoms with Crippen molar-refractivity contribution < 1.29 is 4.74 Å². The molecule has 0 saturated carbocycles. The molecule has 0 radical (unpaired) electrons. The number of hydrogen-bond donors (Lipinski definition) is 0. The highest BCUT2D eigenvalue weighted by molar-refractivity contribution is 5.12. The third kappa shape index (κ3) is 6.76. The van der Waals surface area contributed by atoms with Crippen molar-refractivity contribution in [2.75, 3.05) is 7.11 Å². The first kappa shape index (κ1) is 18.2. The molecule has 120 valence electrons. The molecule has 2 aromatic heterocycles. The number of nitrogens with zero attached hydrogens (tertiary/aromatic N) is 3. The fourth-order valence-electron chi connectivity index (χ4n) is 2.19. The summed E-state index contributed by atoms with van der Waals surface area (Å²) in [6.07, 6.45) is 8.22. The Kier molecular flexibility index (Phi) is 8.30. The monoisotopic (exact) mass is 301 g/mol. The molecular formula is C18H27N3O. The van der Waals surface area contributed by atoms with E-state index in [-0.39, 0.29) is 6.10 Å². The molecule has 0 N–H and O–H groups in total. The second-order valence-electron chi connectivity index (χ2n) is 5.99. The van der Waals surface area contributed by atoms with Gasteiger partial charge in [-0.15, -0.1) is 0 Å². The second kappa shape index (κ2) is 10.0. The molecule has 0 aliphatic carbocycles. The van der Waals surface area contributed by atoms with Gasteiger partial charge in [0.1, 0.15) is 6.33 Å². The average Bonchev–Trinajstić information content (AvgIpc) is 2.50. The van der Waals surface area contributed by atoms with Gasteiger partial charge in [0, 0.05) is 31.4 Å². The Morgan fingerprint density at radius 3 is 2.27 bits per heavy atom. The van der Waals surface area contributed by atoms with Crippen LogP contribution >= 0.6 is 0 Å². The fourth-order valence-corrected chi connectivity index (χ4v) is 2.19. The zero-order chi connectivity index (χ0) is 16.4. The number of hydrogen-bond acceptors (Lipinski definition) is 4. The molecule has 2 rings (SSSR count). The van der Waals surface area contributed by atoms with Crippen molar-refractivity contribution in [1.82, 2.24) is 15.0 Å². The molecule has 4 nitrogen and oxygen atoms in total. The lowest BCUT2D eigenvalue weighted by Crippen LogP contribution is -2.08. The Hall–Kier alpha value is -1.81. The van der Waals surface area contributed by atoms with Crippen molar-refractivity contribution in [3.8, 4) is 0 Å². The van der Waals surface area contributed by atoms with Crippen LogP contribution in [0.15, 0.2) is 43.1 Å².